The maximum atomic E-state index is 10.9. The number of aliphatic hydroxyl groups excluding tert-OH is 4. The van der Waals surface area contributed by atoms with Crippen molar-refractivity contribution in [3.8, 4) is 5.75 Å². The number of carboxylic acid groups (broad SMARTS) is 1. The summed E-state index contributed by atoms with van der Waals surface area (Å²) >= 11 is 0. The zero-order valence-corrected chi connectivity index (χ0v) is 14.2. The van der Waals surface area contributed by atoms with Crippen LogP contribution in [0.5, 0.6) is 5.75 Å². The molecule has 2 aromatic rings. The Hall–Kier alpha value is -2.49. The average molecular weight is 376 g/mol. The van der Waals surface area contributed by atoms with Crippen molar-refractivity contribution in [2.75, 3.05) is 6.61 Å². The van der Waals surface area contributed by atoms with Gasteiger partial charge in [-0.3, -0.25) is 0 Å². The highest BCUT2D eigenvalue weighted by Gasteiger charge is 2.44. The van der Waals surface area contributed by atoms with E-state index in [0.29, 0.717) is 5.56 Å². The highest BCUT2D eigenvalue weighted by molar-refractivity contribution is 5.96. The Kier molecular flexibility index (Phi) is 5.73. The first-order valence-electron chi connectivity index (χ1n) is 8.32. The van der Waals surface area contributed by atoms with Gasteiger partial charge in [0.05, 0.1) is 6.61 Å². The van der Waals surface area contributed by atoms with E-state index in [1.54, 1.807) is 24.3 Å². The third-order valence-corrected chi connectivity index (χ3v) is 4.41. The molecule has 0 aliphatic carbocycles. The zero-order chi connectivity index (χ0) is 19.6. The Morgan fingerprint density at radius 1 is 1.07 bits per heavy atom. The number of carbonyl (C=O) groups is 1. The molecular weight excluding hydrogens is 356 g/mol. The number of fused-ring (bicyclic) bond motifs is 1. The molecule has 8 heteroatoms. The van der Waals surface area contributed by atoms with Crippen LogP contribution in [-0.2, 0) is 9.53 Å². The highest BCUT2D eigenvalue weighted by Crippen LogP contribution is 2.32. The lowest BCUT2D eigenvalue weighted by Gasteiger charge is -2.39. The van der Waals surface area contributed by atoms with Crippen LogP contribution in [0.25, 0.3) is 16.8 Å². The first-order valence-corrected chi connectivity index (χ1v) is 8.32. The summed E-state index contributed by atoms with van der Waals surface area (Å²) in [4.78, 5) is 10.9. The topological polar surface area (TPSA) is 137 Å². The number of rotatable bonds is 5. The molecule has 1 aliphatic heterocycles. The van der Waals surface area contributed by atoms with E-state index in [0.717, 1.165) is 16.8 Å². The summed E-state index contributed by atoms with van der Waals surface area (Å²) < 4.78 is 11.0. The molecule has 1 aliphatic rings. The molecule has 0 bridgehead atoms. The normalized spacial score (nSPS) is 28.5. The SMILES string of the molecule is O=C(O)/C=C\c1c(O[C@H]2OC(CO)[C@@H](O)C(O)C2O)ccc2ccccc12. The van der Waals surface area contributed by atoms with E-state index in [4.69, 9.17) is 14.6 Å². The second kappa shape index (κ2) is 8.03. The Labute approximate surface area is 154 Å². The molecular formula is C19H20O8. The molecule has 8 nitrogen and oxygen atoms in total. The van der Waals surface area contributed by atoms with Gasteiger partial charge in [-0.05, 0) is 22.9 Å². The summed E-state index contributed by atoms with van der Waals surface area (Å²) in [6.45, 7) is -0.575. The third kappa shape index (κ3) is 3.95. The summed E-state index contributed by atoms with van der Waals surface area (Å²) in [6.07, 6.45) is -4.77. The lowest BCUT2D eigenvalue weighted by molar-refractivity contribution is -0.277. The molecule has 144 valence electrons. The van der Waals surface area contributed by atoms with Gasteiger partial charge in [0.15, 0.2) is 0 Å². The van der Waals surface area contributed by atoms with Crippen molar-refractivity contribution in [2.24, 2.45) is 0 Å². The molecule has 0 amide bonds. The van der Waals surface area contributed by atoms with E-state index in [-0.39, 0.29) is 5.75 Å². The number of carboxylic acids is 1. The van der Waals surface area contributed by atoms with Gasteiger partial charge in [0.25, 0.3) is 0 Å². The fourth-order valence-electron chi connectivity index (χ4n) is 2.99. The second-order valence-electron chi connectivity index (χ2n) is 6.19. The molecule has 2 aromatic carbocycles. The first kappa shape index (κ1) is 19.3. The Bertz CT molecular complexity index is 847. The van der Waals surface area contributed by atoms with Gasteiger partial charge in [-0.15, -0.1) is 0 Å². The quantitative estimate of drug-likeness (QED) is 0.464. The molecule has 0 aromatic heterocycles. The predicted octanol–water partition coefficient (Wildman–Crippen LogP) is 0.116. The summed E-state index contributed by atoms with van der Waals surface area (Å²) in [5.74, 6) is -0.919. The molecule has 1 saturated heterocycles. The smallest absolute Gasteiger partial charge is 0.328 e. The number of hydrogen-bond donors (Lipinski definition) is 5. The second-order valence-corrected chi connectivity index (χ2v) is 6.19. The van der Waals surface area contributed by atoms with E-state index in [1.165, 1.54) is 6.08 Å². The summed E-state index contributed by atoms with van der Waals surface area (Å²) in [6, 6.07) is 10.6. The van der Waals surface area contributed by atoms with Gasteiger partial charge in [-0.25, -0.2) is 4.79 Å². The minimum atomic E-state index is -1.57. The third-order valence-electron chi connectivity index (χ3n) is 4.41. The maximum absolute atomic E-state index is 10.9. The molecule has 1 heterocycles. The molecule has 0 saturated carbocycles. The van der Waals surface area contributed by atoms with Crippen molar-refractivity contribution in [2.45, 2.75) is 30.7 Å². The lowest BCUT2D eigenvalue weighted by atomic mass is 9.99. The van der Waals surface area contributed by atoms with E-state index in [9.17, 15) is 25.2 Å². The number of ether oxygens (including phenoxy) is 2. The van der Waals surface area contributed by atoms with Gasteiger partial charge in [0.2, 0.25) is 6.29 Å². The van der Waals surface area contributed by atoms with E-state index < -0.39 is 43.3 Å². The standard InChI is InChI=1S/C19H20O8/c20-9-14-16(23)17(24)18(25)19(27-14)26-13-7-5-10-3-1-2-4-11(10)12(13)6-8-15(21)22/h1-8,14,16-20,23-25H,9H2,(H,21,22)/b8-6-/t14?,16-,17?,18?,19+/m1/s1. The monoisotopic (exact) mass is 376 g/mol. The minimum absolute atomic E-state index is 0.218. The highest BCUT2D eigenvalue weighted by atomic mass is 16.7. The van der Waals surface area contributed by atoms with Gasteiger partial charge >= 0.3 is 5.97 Å². The number of hydrogen-bond acceptors (Lipinski definition) is 7. The summed E-state index contributed by atoms with van der Waals surface area (Å²) in [5, 5.41) is 49.7. The maximum Gasteiger partial charge on any atom is 0.328 e. The van der Waals surface area contributed by atoms with Crippen LogP contribution < -0.4 is 4.74 Å². The van der Waals surface area contributed by atoms with Crippen LogP contribution >= 0.6 is 0 Å². The molecule has 5 N–H and O–H groups in total. The van der Waals surface area contributed by atoms with Crippen LogP contribution in [0.4, 0.5) is 0 Å². The van der Waals surface area contributed by atoms with Crippen LogP contribution in [-0.4, -0.2) is 68.8 Å². The van der Waals surface area contributed by atoms with E-state index in [1.807, 2.05) is 12.1 Å². The van der Waals surface area contributed by atoms with Crippen LogP contribution in [0.3, 0.4) is 0 Å². The number of aliphatic hydroxyl groups is 4. The molecule has 0 spiro atoms. The van der Waals surface area contributed by atoms with Crippen molar-refractivity contribution < 1.29 is 39.8 Å². The van der Waals surface area contributed by atoms with E-state index >= 15 is 0 Å². The van der Waals surface area contributed by atoms with Gasteiger partial charge in [-0.2, -0.15) is 0 Å². The Morgan fingerprint density at radius 2 is 1.81 bits per heavy atom. The molecule has 5 atom stereocenters. The molecule has 0 radical (unpaired) electrons. The Morgan fingerprint density at radius 3 is 2.52 bits per heavy atom. The van der Waals surface area contributed by atoms with Crippen LogP contribution in [0.2, 0.25) is 0 Å². The fourth-order valence-corrected chi connectivity index (χ4v) is 2.99. The predicted molar refractivity (Wildman–Crippen MR) is 95.0 cm³/mol. The molecule has 3 rings (SSSR count). The fraction of sp³-hybridized carbons (Fsp3) is 0.316. The van der Waals surface area contributed by atoms with Crippen molar-refractivity contribution in [1.82, 2.24) is 0 Å². The first-order chi connectivity index (χ1) is 12.9. The largest absolute Gasteiger partial charge is 0.478 e. The van der Waals surface area contributed by atoms with Gasteiger partial charge in [-0.1, -0.05) is 30.3 Å². The van der Waals surface area contributed by atoms with Crippen molar-refractivity contribution >= 4 is 22.8 Å². The molecule has 27 heavy (non-hydrogen) atoms. The van der Waals surface area contributed by atoms with Crippen molar-refractivity contribution in [3.63, 3.8) is 0 Å². The van der Waals surface area contributed by atoms with Gasteiger partial charge in [0.1, 0.15) is 30.2 Å². The van der Waals surface area contributed by atoms with Gasteiger partial charge in [0, 0.05) is 11.6 Å². The molecule has 1 fully saturated rings. The van der Waals surface area contributed by atoms with Gasteiger partial charge < -0.3 is 35.0 Å². The molecule has 3 unspecified atom stereocenters. The van der Waals surface area contributed by atoms with Crippen molar-refractivity contribution in [3.05, 3.63) is 48.0 Å². The van der Waals surface area contributed by atoms with Crippen LogP contribution in [0.15, 0.2) is 42.5 Å². The zero-order valence-electron chi connectivity index (χ0n) is 14.2. The minimum Gasteiger partial charge on any atom is -0.478 e. The summed E-state index contributed by atoms with van der Waals surface area (Å²) in [7, 11) is 0. The van der Waals surface area contributed by atoms with E-state index in [2.05, 4.69) is 0 Å². The average Bonchev–Trinajstić information content (AvgIpc) is 2.67. The lowest BCUT2D eigenvalue weighted by Crippen LogP contribution is -2.60. The van der Waals surface area contributed by atoms with Crippen molar-refractivity contribution in [1.29, 1.82) is 0 Å². The van der Waals surface area contributed by atoms with Crippen LogP contribution in [0, 0.1) is 0 Å². The van der Waals surface area contributed by atoms with Crippen LogP contribution in [0.1, 0.15) is 5.56 Å². The summed E-state index contributed by atoms with van der Waals surface area (Å²) in [5.41, 5.74) is 0.451. The number of benzene rings is 2. The Balaban J connectivity index is 1.98. The number of aliphatic carboxylic acids is 1.